The van der Waals surface area contributed by atoms with Gasteiger partial charge in [0.15, 0.2) is 0 Å². The Kier molecular flexibility index (Phi) is 11.5. The van der Waals surface area contributed by atoms with E-state index in [2.05, 4.69) is 6.92 Å². The predicted octanol–water partition coefficient (Wildman–Crippen LogP) is 6.73. The first-order valence-electron chi connectivity index (χ1n) is 13.7. The number of benzene rings is 2. The van der Waals surface area contributed by atoms with Crippen molar-refractivity contribution in [1.82, 2.24) is 0 Å². The molecular weight excluding hydrogens is 464 g/mol. The van der Waals surface area contributed by atoms with Crippen molar-refractivity contribution in [3.05, 3.63) is 65.2 Å². The topological polar surface area (TPSA) is 105 Å². The van der Waals surface area contributed by atoms with E-state index < -0.39 is 5.97 Å². The third kappa shape index (κ3) is 9.95. The Morgan fingerprint density at radius 2 is 1.68 bits per heavy atom. The highest BCUT2D eigenvalue weighted by molar-refractivity contribution is 5.90. The first-order chi connectivity index (χ1) is 17.9. The van der Waals surface area contributed by atoms with Gasteiger partial charge in [0, 0.05) is 23.9 Å². The maximum atomic E-state index is 12.6. The molecular formula is C31H42N2O4. The molecule has 0 radical (unpaired) electrons. The second-order valence-electron chi connectivity index (χ2n) is 10.1. The fourth-order valence-electron chi connectivity index (χ4n) is 4.84. The first kappa shape index (κ1) is 28.3. The van der Waals surface area contributed by atoms with Crippen LogP contribution in [0.4, 0.5) is 11.4 Å². The van der Waals surface area contributed by atoms with Crippen molar-refractivity contribution in [2.24, 2.45) is 5.92 Å². The standard InChI is InChI=1S/C31H42N2O4/c1-2-3-4-5-6-7-23-10-17-28(18-11-23)37-31(35)26-13-8-24(9-14-26)12-19-30(34)36-21-20-25-15-16-27(32)22-29(25)33/h8-9,12-16,19,22-23,28H,2-7,10-11,17-18,20-21,32-33H2,1H3/b19-12+. The van der Waals surface area contributed by atoms with Crippen LogP contribution in [0, 0.1) is 5.92 Å². The smallest absolute Gasteiger partial charge is 0.338 e. The van der Waals surface area contributed by atoms with E-state index in [1.54, 1.807) is 42.5 Å². The Bertz CT molecular complexity index is 1020. The van der Waals surface area contributed by atoms with Crippen LogP contribution in [0.15, 0.2) is 48.5 Å². The van der Waals surface area contributed by atoms with Gasteiger partial charge in [-0.05, 0) is 73.1 Å². The molecule has 37 heavy (non-hydrogen) atoms. The van der Waals surface area contributed by atoms with Gasteiger partial charge in [0.25, 0.3) is 0 Å². The highest BCUT2D eigenvalue weighted by Gasteiger charge is 2.24. The summed E-state index contributed by atoms with van der Waals surface area (Å²) in [6.45, 7) is 2.47. The van der Waals surface area contributed by atoms with Crippen LogP contribution in [0.25, 0.3) is 6.08 Å². The fourth-order valence-corrected chi connectivity index (χ4v) is 4.84. The number of unbranched alkanes of at least 4 members (excludes halogenated alkanes) is 4. The third-order valence-electron chi connectivity index (χ3n) is 7.13. The summed E-state index contributed by atoms with van der Waals surface area (Å²) in [6.07, 6.45) is 15.7. The second kappa shape index (κ2) is 15.1. The summed E-state index contributed by atoms with van der Waals surface area (Å²) in [5.41, 5.74) is 15.0. The molecule has 0 aromatic heterocycles. The number of ether oxygens (including phenoxy) is 2. The van der Waals surface area contributed by atoms with Crippen molar-refractivity contribution in [3.63, 3.8) is 0 Å². The SMILES string of the molecule is CCCCCCCC1CCC(OC(=O)c2ccc(/C=C/C(=O)OCCc3ccc(N)cc3N)cc2)CC1. The zero-order valence-electron chi connectivity index (χ0n) is 22.1. The van der Waals surface area contributed by atoms with Crippen LogP contribution in [-0.2, 0) is 20.7 Å². The molecule has 1 aliphatic rings. The van der Waals surface area contributed by atoms with E-state index >= 15 is 0 Å². The van der Waals surface area contributed by atoms with Gasteiger partial charge in [0.2, 0.25) is 0 Å². The Hall–Kier alpha value is -3.28. The molecule has 200 valence electrons. The minimum Gasteiger partial charge on any atom is -0.462 e. The lowest BCUT2D eigenvalue weighted by atomic mass is 9.84. The molecule has 1 fully saturated rings. The van der Waals surface area contributed by atoms with Crippen molar-refractivity contribution in [3.8, 4) is 0 Å². The average molecular weight is 507 g/mol. The molecule has 0 saturated heterocycles. The molecule has 3 rings (SSSR count). The summed E-state index contributed by atoms with van der Waals surface area (Å²) in [7, 11) is 0. The van der Waals surface area contributed by atoms with Crippen LogP contribution in [0.5, 0.6) is 0 Å². The minimum absolute atomic E-state index is 0.0155. The molecule has 0 heterocycles. The van der Waals surface area contributed by atoms with Gasteiger partial charge < -0.3 is 20.9 Å². The molecule has 2 aromatic rings. The van der Waals surface area contributed by atoms with Crippen molar-refractivity contribution in [2.75, 3.05) is 18.1 Å². The van der Waals surface area contributed by atoms with Crippen molar-refractivity contribution in [1.29, 1.82) is 0 Å². The second-order valence-corrected chi connectivity index (χ2v) is 10.1. The van der Waals surface area contributed by atoms with Gasteiger partial charge in [-0.25, -0.2) is 9.59 Å². The van der Waals surface area contributed by atoms with E-state index in [4.69, 9.17) is 20.9 Å². The monoisotopic (exact) mass is 506 g/mol. The van der Waals surface area contributed by atoms with Gasteiger partial charge in [-0.1, -0.05) is 63.6 Å². The predicted molar refractivity (Wildman–Crippen MR) is 150 cm³/mol. The maximum Gasteiger partial charge on any atom is 0.338 e. The number of rotatable bonds is 13. The van der Waals surface area contributed by atoms with Gasteiger partial charge in [0.05, 0.1) is 12.2 Å². The third-order valence-corrected chi connectivity index (χ3v) is 7.13. The van der Waals surface area contributed by atoms with E-state index in [0.717, 1.165) is 42.7 Å². The molecule has 0 unspecified atom stereocenters. The quantitative estimate of drug-likeness (QED) is 0.135. The van der Waals surface area contributed by atoms with Gasteiger partial charge in [-0.3, -0.25) is 0 Å². The Labute approximate surface area is 221 Å². The maximum absolute atomic E-state index is 12.6. The molecule has 6 heteroatoms. The van der Waals surface area contributed by atoms with Crippen molar-refractivity contribution >= 4 is 29.4 Å². The number of hydrogen-bond donors (Lipinski definition) is 2. The van der Waals surface area contributed by atoms with Crippen LogP contribution >= 0.6 is 0 Å². The first-order valence-corrected chi connectivity index (χ1v) is 13.7. The highest BCUT2D eigenvalue weighted by Crippen LogP contribution is 2.30. The lowest BCUT2D eigenvalue weighted by Crippen LogP contribution is -2.24. The van der Waals surface area contributed by atoms with E-state index in [1.165, 1.54) is 44.6 Å². The van der Waals surface area contributed by atoms with Gasteiger partial charge >= 0.3 is 11.9 Å². The molecule has 2 aromatic carbocycles. The Morgan fingerprint density at radius 1 is 0.946 bits per heavy atom. The zero-order valence-corrected chi connectivity index (χ0v) is 22.1. The van der Waals surface area contributed by atoms with Crippen LogP contribution in [0.3, 0.4) is 0 Å². The number of carbonyl (C=O) groups is 2. The zero-order chi connectivity index (χ0) is 26.5. The highest BCUT2D eigenvalue weighted by atomic mass is 16.5. The molecule has 0 atom stereocenters. The van der Waals surface area contributed by atoms with Gasteiger partial charge in [-0.15, -0.1) is 0 Å². The minimum atomic E-state index is -0.436. The summed E-state index contributed by atoms with van der Waals surface area (Å²) < 4.78 is 11.0. The molecule has 0 bridgehead atoms. The van der Waals surface area contributed by atoms with E-state index in [1.807, 2.05) is 6.07 Å². The molecule has 6 nitrogen and oxygen atoms in total. The van der Waals surface area contributed by atoms with E-state index in [0.29, 0.717) is 23.4 Å². The normalized spacial score (nSPS) is 17.5. The van der Waals surface area contributed by atoms with Crippen LogP contribution in [-0.4, -0.2) is 24.6 Å². The lowest BCUT2D eigenvalue weighted by Gasteiger charge is -2.28. The van der Waals surface area contributed by atoms with Gasteiger partial charge in [0.1, 0.15) is 6.10 Å². The molecule has 0 spiro atoms. The largest absolute Gasteiger partial charge is 0.462 e. The number of carbonyl (C=O) groups excluding carboxylic acids is 2. The molecule has 4 N–H and O–H groups in total. The van der Waals surface area contributed by atoms with Gasteiger partial charge in [-0.2, -0.15) is 0 Å². The number of hydrogen-bond acceptors (Lipinski definition) is 6. The Balaban J connectivity index is 1.35. The number of esters is 2. The van der Waals surface area contributed by atoms with E-state index in [-0.39, 0.29) is 18.7 Å². The summed E-state index contributed by atoms with van der Waals surface area (Å²) in [5, 5.41) is 0. The van der Waals surface area contributed by atoms with Crippen molar-refractivity contribution in [2.45, 2.75) is 83.7 Å². The fraction of sp³-hybridized carbons (Fsp3) is 0.484. The molecule has 1 saturated carbocycles. The van der Waals surface area contributed by atoms with E-state index in [9.17, 15) is 9.59 Å². The molecule has 0 amide bonds. The summed E-state index contributed by atoms with van der Waals surface area (Å²) in [6, 6.07) is 12.4. The lowest BCUT2D eigenvalue weighted by molar-refractivity contribution is -0.137. The number of anilines is 2. The number of nitrogen functional groups attached to an aromatic ring is 2. The summed E-state index contributed by atoms with van der Waals surface area (Å²) in [4.78, 5) is 24.6. The van der Waals surface area contributed by atoms with Crippen LogP contribution < -0.4 is 11.5 Å². The van der Waals surface area contributed by atoms with Crippen molar-refractivity contribution < 1.29 is 19.1 Å². The molecule has 0 aliphatic heterocycles. The average Bonchev–Trinajstić information content (AvgIpc) is 2.90. The van der Waals surface area contributed by atoms with Crippen LogP contribution in [0.1, 0.15) is 92.6 Å². The summed E-state index contributed by atoms with van der Waals surface area (Å²) in [5.74, 6) is 0.0686. The number of nitrogens with two attached hydrogens (primary N) is 2. The van der Waals surface area contributed by atoms with Crippen LogP contribution in [0.2, 0.25) is 0 Å². The Morgan fingerprint density at radius 3 is 2.38 bits per heavy atom. The molecule has 1 aliphatic carbocycles. The summed E-state index contributed by atoms with van der Waals surface area (Å²) >= 11 is 0.